The third-order valence-corrected chi connectivity index (χ3v) is 3.92. The molecule has 1 saturated heterocycles. The largest absolute Gasteiger partial charge is 0.366 e. The van der Waals surface area contributed by atoms with Gasteiger partial charge < -0.3 is 19.3 Å². The summed E-state index contributed by atoms with van der Waals surface area (Å²) in [5.74, 6) is 0. The van der Waals surface area contributed by atoms with Gasteiger partial charge in [-0.3, -0.25) is 18.9 Å². The zero-order chi connectivity index (χ0) is 17.9. The number of aryl methyl sites for hydroxylation is 1. The van der Waals surface area contributed by atoms with Gasteiger partial charge in [0, 0.05) is 23.1 Å². The Morgan fingerprint density at radius 1 is 1.58 bits per heavy atom. The minimum absolute atomic E-state index is 0.152. The van der Waals surface area contributed by atoms with E-state index < -0.39 is 43.6 Å². The molecule has 2 heterocycles. The molecule has 3 atom stereocenters. The average Bonchev–Trinajstić information content (AvgIpc) is 2.85. The van der Waals surface area contributed by atoms with Crippen LogP contribution in [0.1, 0.15) is 18.2 Å². The van der Waals surface area contributed by atoms with Crippen LogP contribution in [-0.2, 0) is 14.0 Å². The zero-order valence-corrected chi connectivity index (χ0v) is 13.5. The lowest BCUT2D eigenvalue weighted by Gasteiger charge is -2.17. The van der Waals surface area contributed by atoms with Crippen molar-refractivity contribution in [3.63, 3.8) is 0 Å². The van der Waals surface area contributed by atoms with Gasteiger partial charge in [0.2, 0.25) is 0 Å². The minimum Gasteiger partial charge on any atom is -0.366 e. The normalized spacial score (nSPS) is 23.9. The molecular weight excluding hydrogens is 345 g/mol. The zero-order valence-electron chi connectivity index (χ0n) is 12.6. The third kappa shape index (κ3) is 4.54. The second-order valence-corrected chi connectivity index (χ2v) is 6.87. The molecule has 0 radical (unpaired) electrons. The van der Waals surface area contributed by atoms with Gasteiger partial charge in [-0.15, -0.1) is 0 Å². The fraction of sp³-hybridized carbons (Fsp3) is 0.636. The highest BCUT2D eigenvalue weighted by molar-refractivity contribution is 7.51. The number of rotatable bonds is 6. The number of ether oxygens (including phenoxy) is 2. The number of hydrogen-bond acceptors (Lipinski definition) is 6. The van der Waals surface area contributed by atoms with Crippen molar-refractivity contribution in [2.45, 2.75) is 31.7 Å². The molecule has 12 nitrogen and oxygen atoms in total. The Labute approximate surface area is 134 Å². The smallest absolute Gasteiger partial charge is 0.350 e. The molecule has 1 aliphatic rings. The predicted molar refractivity (Wildman–Crippen MR) is 80.4 cm³/mol. The maximum atomic E-state index is 11.9. The number of aromatic amines is 1. The van der Waals surface area contributed by atoms with Crippen molar-refractivity contribution >= 4 is 7.60 Å². The van der Waals surface area contributed by atoms with E-state index in [1.54, 1.807) is 0 Å². The molecule has 0 saturated carbocycles. The van der Waals surface area contributed by atoms with Gasteiger partial charge in [-0.2, -0.15) is 0 Å². The molecule has 1 aromatic rings. The van der Waals surface area contributed by atoms with Crippen LogP contribution in [0.4, 0.5) is 0 Å². The van der Waals surface area contributed by atoms with Gasteiger partial charge in [0.1, 0.15) is 12.6 Å². The lowest BCUT2D eigenvalue weighted by Crippen LogP contribution is -2.33. The van der Waals surface area contributed by atoms with Gasteiger partial charge >= 0.3 is 13.3 Å². The maximum absolute atomic E-state index is 11.9. The molecule has 132 valence electrons. The number of hydrogen-bond donors (Lipinski definition) is 3. The van der Waals surface area contributed by atoms with E-state index in [1.165, 1.54) is 17.7 Å². The van der Waals surface area contributed by atoms with Crippen molar-refractivity contribution in [3.05, 3.63) is 43.0 Å². The van der Waals surface area contributed by atoms with Gasteiger partial charge in [0.25, 0.3) is 5.56 Å². The molecule has 1 aromatic heterocycles. The highest BCUT2D eigenvalue weighted by Crippen LogP contribution is 2.35. The predicted octanol–water partition coefficient (Wildman–Crippen LogP) is -0.0368. The summed E-state index contributed by atoms with van der Waals surface area (Å²) < 4.78 is 22.4. The van der Waals surface area contributed by atoms with E-state index in [-0.39, 0.29) is 13.0 Å². The van der Waals surface area contributed by atoms with Gasteiger partial charge in [-0.1, -0.05) is 5.11 Å². The topological polar surface area (TPSA) is 180 Å². The van der Waals surface area contributed by atoms with Crippen LogP contribution < -0.4 is 11.2 Å². The van der Waals surface area contributed by atoms with E-state index in [9.17, 15) is 14.2 Å². The number of H-pyrrole nitrogens is 1. The molecule has 0 unspecified atom stereocenters. The lowest BCUT2D eigenvalue weighted by molar-refractivity contribution is -0.0403. The monoisotopic (exact) mass is 361 g/mol. The lowest BCUT2D eigenvalue weighted by atomic mass is 10.1. The highest BCUT2D eigenvalue weighted by Gasteiger charge is 2.36. The highest BCUT2D eigenvalue weighted by atomic mass is 31.2. The summed E-state index contributed by atoms with van der Waals surface area (Å²) in [6.07, 6.45) is -0.890. The summed E-state index contributed by atoms with van der Waals surface area (Å²) in [6, 6.07) is -0.684. The van der Waals surface area contributed by atoms with Gasteiger partial charge in [0.05, 0.1) is 18.8 Å². The molecular formula is C11H16N5O7P. The molecule has 0 spiro atoms. The van der Waals surface area contributed by atoms with E-state index in [0.717, 1.165) is 0 Å². The van der Waals surface area contributed by atoms with E-state index >= 15 is 0 Å². The van der Waals surface area contributed by atoms with Crippen LogP contribution in [0.25, 0.3) is 10.4 Å². The fourth-order valence-corrected chi connectivity index (χ4v) is 2.65. The van der Waals surface area contributed by atoms with Gasteiger partial charge in [-0.05, 0) is 12.5 Å². The molecule has 24 heavy (non-hydrogen) atoms. The average molecular weight is 361 g/mol. The van der Waals surface area contributed by atoms with Crippen LogP contribution >= 0.6 is 7.60 Å². The van der Waals surface area contributed by atoms with Crippen molar-refractivity contribution in [2.24, 2.45) is 5.11 Å². The Kier molecular flexibility index (Phi) is 5.60. The third-order valence-electron chi connectivity index (χ3n) is 3.40. The first kappa shape index (κ1) is 18.4. The van der Waals surface area contributed by atoms with Crippen LogP contribution in [0.15, 0.2) is 20.9 Å². The Bertz CT molecular complexity index is 808. The number of nitrogens with one attached hydrogen (secondary N) is 1. The van der Waals surface area contributed by atoms with Crippen LogP contribution in [0.3, 0.4) is 0 Å². The van der Waals surface area contributed by atoms with Crippen molar-refractivity contribution in [1.29, 1.82) is 0 Å². The summed E-state index contributed by atoms with van der Waals surface area (Å²) in [7, 11) is -4.33. The van der Waals surface area contributed by atoms with Crippen molar-refractivity contribution in [2.75, 3.05) is 13.0 Å². The second-order valence-electron chi connectivity index (χ2n) is 5.28. The summed E-state index contributed by atoms with van der Waals surface area (Å²) in [6.45, 7) is 1.30. The van der Waals surface area contributed by atoms with Crippen LogP contribution in [0, 0.1) is 6.92 Å². The summed E-state index contributed by atoms with van der Waals surface area (Å²) >= 11 is 0. The molecule has 0 aliphatic carbocycles. The Hall–Kier alpha value is -1.94. The molecule has 1 fully saturated rings. The summed E-state index contributed by atoms with van der Waals surface area (Å²) in [5.41, 5.74) is 7.73. The number of azide groups is 1. The first-order valence-corrected chi connectivity index (χ1v) is 8.65. The first-order chi connectivity index (χ1) is 11.2. The number of aromatic nitrogens is 2. The summed E-state index contributed by atoms with van der Waals surface area (Å²) in [5, 5.41) is 3.56. The number of nitrogens with zero attached hydrogens (tertiary/aromatic N) is 4. The van der Waals surface area contributed by atoms with Gasteiger partial charge in [0.15, 0.2) is 0 Å². The van der Waals surface area contributed by atoms with Crippen LogP contribution in [0.5, 0.6) is 0 Å². The quantitative estimate of drug-likeness (QED) is 0.275. The first-order valence-electron chi connectivity index (χ1n) is 6.85. The standard InChI is InChI=1S/C11H16N5O7P/c1-6-3-16(11(18)13-10(6)17)9-2-7(14-15-12)8(23-9)4-22-5-24(19,20)21/h3,7-9H,2,4-5H2,1H3,(H,13,17,18)(H2,19,20,21)/t7-,8+,9+/m0/s1. The molecule has 13 heteroatoms. The van der Waals surface area contributed by atoms with Crippen LogP contribution in [-0.4, -0.2) is 44.4 Å². The van der Waals surface area contributed by atoms with Crippen molar-refractivity contribution in [3.8, 4) is 0 Å². The summed E-state index contributed by atoms with van der Waals surface area (Å²) in [4.78, 5) is 45.7. The van der Waals surface area contributed by atoms with E-state index in [2.05, 4.69) is 15.0 Å². The van der Waals surface area contributed by atoms with Gasteiger partial charge in [-0.25, -0.2) is 4.79 Å². The molecule has 1 aliphatic heterocycles. The Morgan fingerprint density at radius 2 is 2.29 bits per heavy atom. The molecule has 0 aromatic carbocycles. The van der Waals surface area contributed by atoms with Crippen molar-refractivity contribution in [1.82, 2.24) is 9.55 Å². The molecule has 3 N–H and O–H groups in total. The van der Waals surface area contributed by atoms with E-state index in [0.29, 0.717) is 5.56 Å². The van der Waals surface area contributed by atoms with E-state index in [4.69, 9.17) is 24.8 Å². The Morgan fingerprint density at radius 3 is 2.92 bits per heavy atom. The molecule has 2 rings (SSSR count). The minimum atomic E-state index is -4.33. The fourth-order valence-electron chi connectivity index (χ4n) is 2.31. The Balaban J connectivity index is 2.16. The second kappa shape index (κ2) is 7.31. The van der Waals surface area contributed by atoms with Crippen LogP contribution in [0.2, 0.25) is 0 Å². The maximum Gasteiger partial charge on any atom is 0.350 e. The van der Waals surface area contributed by atoms with E-state index in [1.807, 2.05) is 0 Å². The molecule has 0 bridgehead atoms. The SMILES string of the molecule is Cc1cn([C@H]2C[C@H](N=[N+]=[N-])[C@@H](COCP(=O)(O)O)O2)c(=O)[nH]c1=O. The van der Waals surface area contributed by atoms with Crippen molar-refractivity contribution < 1.29 is 23.8 Å². The molecule has 0 amide bonds.